The van der Waals surface area contributed by atoms with Crippen molar-refractivity contribution in [2.24, 2.45) is 5.73 Å². The molecule has 2 amide bonds. The van der Waals surface area contributed by atoms with E-state index in [9.17, 15) is 9.59 Å². The average molecular weight is 371 g/mol. The third-order valence-corrected chi connectivity index (χ3v) is 6.66. The first kappa shape index (κ1) is 18.4. The number of hydrogen-bond donors (Lipinski definition) is 1. The molecular weight excluding hydrogens is 342 g/mol. The van der Waals surface area contributed by atoms with Crippen LogP contribution >= 0.6 is 0 Å². The Labute approximate surface area is 160 Å². The first-order valence-corrected chi connectivity index (χ1v) is 10.1. The van der Waals surface area contributed by atoms with E-state index in [0.717, 1.165) is 44.3 Å². The second-order valence-electron chi connectivity index (χ2n) is 8.07. The lowest BCUT2D eigenvalue weighted by Crippen LogP contribution is -2.49. The Balaban J connectivity index is 1.37. The van der Waals surface area contributed by atoms with Gasteiger partial charge in [-0.2, -0.15) is 0 Å². The molecule has 0 spiro atoms. The van der Waals surface area contributed by atoms with Crippen LogP contribution in [0.3, 0.4) is 0 Å². The maximum atomic E-state index is 13.0. The summed E-state index contributed by atoms with van der Waals surface area (Å²) in [6, 6.07) is 6.31. The van der Waals surface area contributed by atoms with Gasteiger partial charge in [-0.3, -0.25) is 9.59 Å². The molecule has 0 bridgehead atoms. The Morgan fingerprint density at radius 3 is 2.41 bits per heavy atom. The number of carbonyl (C=O) groups is 2. The van der Waals surface area contributed by atoms with Gasteiger partial charge in [0, 0.05) is 38.8 Å². The molecular formula is C21H29N3O3. The van der Waals surface area contributed by atoms with Crippen molar-refractivity contribution in [3.8, 4) is 0 Å². The third-order valence-electron chi connectivity index (χ3n) is 6.66. The number of fused-ring (bicyclic) bond motifs is 1. The van der Waals surface area contributed by atoms with Crippen LogP contribution in [0.15, 0.2) is 18.2 Å². The highest BCUT2D eigenvalue weighted by Gasteiger charge is 2.37. The third kappa shape index (κ3) is 3.48. The number of nitrogens with two attached hydrogens (primary N) is 1. The predicted octanol–water partition coefficient (Wildman–Crippen LogP) is 2.16. The zero-order valence-electron chi connectivity index (χ0n) is 16.0. The molecule has 6 heteroatoms. The van der Waals surface area contributed by atoms with Crippen LogP contribution in [-0.4, -0.2) is 60.0 Å². The summed E-state index contributed by atoms with van der Waals surface area (Å²) < 4.78 is 5.48. The Morgan fingerprint density at radius 1 is 1.07 bits per heavy atom. The minimum absolute atomic E-state index is 0.0292. The molecule has 2 fully saturated rings. The van der Waals surface area contributed by atoms with Crippen LogP contribution < -0.4 is 5.73 Å². The molecule has 27 heavy (non-hydrogen) atoms. The van der Waals surface area contributed by atoms with Crippen LogP contribution in [0, 0.1) is 0 Å². The fourth-order valence-corrected chi connectivity index (χ4v) is 5.09. The lowest BCUT2D eigenvalue weighted by atomic mass is 9.90. The number of nitrogens with zero attached hydrogens (tertiary/aromatic N) is 2. The van der Waals surface area contributed by atoms with Gasteiger partial charge in [-0.05, 0) is 50.2 Å². The quantitative estimate of drug-likeness (QED) is 0.880. The Bertz CT molecular complexity index is 719. The molecule has 2 N–H and O–H groups in total. The first-order chi connectivity index (χ1) is 13.1. The molecule has 3 aliphatic rings. The largest absolute Gasteiger partial charge is 0.381 e. The van der Waals surface area contributed by atoms with E-state index in [1.54, 1.807) is 6.07 Å². The van der Waals surface area contributed by atoms with Gasteiger partial charge in [0.1, 0.15) is 0 Å². The SMILES string of the molecule is CO[C@H]1CC[C@H](N2CCC(N3Cc4cccc(C(N)=O)c4C3=O)CC2)CC1. The molecule has 1 aromatic carbocycles. The molecule has 1 aromatic rings. The second-order valence-corrected chi connectivity index (χ2v) is 8.07. The Hall–Kier alpha value is -1.92. The normalized spacial score (nSPS) is 27.0. The van der Waals surface area contributed by atoms with Crippen LogP contribution in [0.25, 0.3) is 0 Å². The van der Waals surface area contributed by atoms with Crippen LogP contribution in [0.2, 0.25) is 0 Å². The van der Waals surface area contributed by atoms with Crippen molar-refractivity contribution in [3.05, 3.63) is 34.9 Å². The zero-order chi connectivity index (χ0) is 19.0. The fraction of sp³-hybridized carbons (Fsp3) is 0.619. The molecule has 4 rings (SSSR count). The van der Waals surface area contributed by atoms with Crippen molar-refractivity contribution in [1.82, 2.24) is 9.80 Å². The highest BCUT2D eigenvalue weighted by molar-refractivity contribution is 6.09. The number of methoxy groups -OCH3 is 1. The van der Waals surface area contributed by atoms with Crippen LogP contribution in [-0.2, 0) is 11.3 Å². The highest BCUT2D eigenvalue weighted by Crippen LogP contribution is 2.32. The molecule has 1 saturated carbocycles. The van der Waals surface area contributed by atoms with E-state index in [-0.39, 0.29) is 11.9 Å². The summed E-state index contributed by atoms with van der Waals surface area (Å²) >= 11 is 0. The molecule has 2 aliphatic heterocycles. The Kier molecular flexibility index (Phi) is 5.19. The van der Waals surface area contributed by atoms with Crippen molar-refractivity contribution in [2.45, 2.75) is 63.3 Å². The van der Waals surface area contributed by atoms with Gasteiger partial charge in [0.15, 0.2) is 0 Å². The summed E-state index contributed by atoms with van der Waals surface area (Å²) in [5, 5.41) is 0. The molecule has 146 valence electrons. The summed E-state index contributed by atoms with van der Waals surface area (Å²) in [4.78, 5) is 29.2. The summed E-state index contributed by atoms with van der Waals surface area (Å²) in [6.45, 7) is 2.67. The monoisotopic (exact) mass is 371 g/mol. The molecule has 0 atom stereocenters. The number of primary amides is 1. The van der Waals surface area contributed by atoms with Crippen molar-refractivity contribution >= 4 is 11.8 Å². The van der Waals surface area contributed by atoms with Gasteiger partial charge in [-0.15, -0.1) is 0 Å². The number of ether oxygens (including phenoxy) is 1. The number of piperidine rings is 1. The highest BCUT2D eigenvalue weighted by atomic mass is 16.5. The van der Waals surface area contributed by atoms with Crippen LogP contribution in [0.5, 0.6) is 0 Å². The summed E-state index contributed by atoms with van der Waals surface area (Å²) in [6.07, 6.45) is 7.14. The minimum Gasteiger partial charge on any atom is -0.381 e. The van der Waals surface area contributed by atoms with E-state index in [4.69, 9.17) is 10.5 Å². The zero-order valence-corrected chi connectivity index (χ0v) is 16.0. The first-order valence-electron chi connectivity index (χ1n) is 10.1. The van der Waals surface area contributed by atoms with Gasteiger partial charge in [0.05, 0.1) is 17.2 Å². The molecule has 0 unspecified atom stereocenters. The molecule has 0 aromatic heterocycles. The van der Waals surface area contributed by atoms with Gasteiger partial charge < -0.3 is 20.3 Å². The van der Waals surface area contributed by atoms with Crippen LogP contribution in [0.4, 0.5) is 0 Å². The second kappa shape index (κ2) is 7.60. The van der Waals surface area contributed by atoms with Gasteiger partial charge in [-0.25, -0.2) is 0 Å². The van der Waals surface area contributed by atoms with Gasteiger partial charge in [0.2, 0.25) is 5.91 Å². The lowest BCUT2D eigenvalue weighted by Gasteiger charge is -2.42. The number of likely N-dealkylation sites (tertiary alicyclic amines) is 1. The number of benzene rings is 1. The maximum absolute atomic E-state index is 13.0. The average Bonchev–Trinajstić information content (AvgIpc) is 3.05. The summed E-state index contributed by atoms with van der Waals surface area (Å²) in [7, 11) is 1.81. The Morgan fingerprint density at radius 2 is 1.78 bits per heavy atom. The number of hydrogen-bond acceptors (Lipinski definition) is 4. The van der Waals surface area contributed by atoms with E-state index in [2.05, 4.69) is 4.90 Å². The smallest absolute Gasteiger partial charge is 0.255 e. The molecule has 2 heterocycles. The van der Waals surface area contributed by atoms with Crippen molar-refractivity contribution in [3.63, 3.8) is 0 Å². The summed E-state index contributed by atoms with van der Waals surface area (Å²) in [5.41, 5.74) is 7.27. The molecule has 1 aliphatic carbocycles. The standard InChI is InChI=1S/C21H29N3O3/c1-27-17-7-5-15(6-8-17)23-11-9-16(10-12-23)24-13-14-3-2-4-18(20(22)25)19(14)21(24)26/h2-4,15-17H,5-13H2,1H3,(H2,22,25)/t15-,17-. The predicted molar refractivity (Wildman–Crippen MR) is 102 cm³/mol. The van der Waals surface area contributed by atoms with Gasteiger partial charge >= 0.3 is 0 Å². The number of carbonyl (C=O) groups excluding carboxylic acids is 2. The van der Waals surface area contributed by atoms with Crippen molar-refractivity contribution in [2.75, 3.05) is 20.2 Å². The fourth-order valence-electron chi connectivity index (χ4n) is 5.09. The molecule has 0 radical (unpaired) electrons. The summed E-state index contributed by atoms with van der Waals surface area (Å²) in [5.74, 6) is -0.554. The van der Waals surface area contributed by atoms with Crippen LogP contribution in [0.1, 0.15) is 64.8 Å². The molecule has 6 nitrogen and oxygen atoms in total. The van der Waals surface area contributed by atoms with E-state index in [1.165, 1.54) is 12.8 Å². The van der Waals surface area contributed by atoms with Gasteiger partial charge in [0.25, 0.3) is 5.91 Å². The number of amides is 2. The topological polar surface area (TPSA) is 75.9 Å². The minimum atomic E-state index is -0.525. The van der Waals surface area contributed by atoms with E-state index in [0.29, 0.717) is 29.8 Å². The van der Waals surface area contributed by atoms with Crippen molar-refractivity contribution < 1.29 is 14.3 Å². The van der Waals surface area contributed by atoms with Crippen molar-refractivity contribution in [1.29, 1.82) is 0 Å². The van der Waals surface area contributed by atoms with E-state index >= 15 is 0 Å². The van der Waals surface area contributed by atoms with E-state index < -0.39 is 5.91 Å². The maximum Gasteiger partial charge on any atom is 0.255 e. The molecule has 1 saturated heterocycles. The van der Waals surface area contributed by atoms with E-state index in [1.807, 2.05) is 24.1 Å². The van der Waals surface area contributed by atoms with Gasteiger partial charge in [-0.1, -0.05) is 12.1 Å². The number of rotatable bonds is 4. The lowest BCUT2D eigenvalue weighted by molar-refractivity contribution is 0.0217.